The van der Waals surface area contributed by atoms with Crippen LogP contribution in [0.5, 0.6) is 5.75 Å². The van der Waals surface area contributed by atoms with E-state index in [1.54, 1.807) is 41.7 Å². The summed E-state index contributed by atoms with van der Waals surface area (Å²) in [6.45, 7) is 9.43. The van der Waals surface area contributed by atoms with Crippen molar-refractivity contribution >= 4 is 61.5 Å². The second-order valence-electron chi connectivity index (χ2n) is 20.1. The van der Waals surface area contributed by atoms with Gasteiger partial charge < -0.3 is 31.1 Å². The van der Waals surface area contributed by atoms with Gasteiger partial charge in [0.25, 0.3) is 10.0 Å². The Morgan fingerprint density at radius 1 is 0.974 bits per heavy atom. The minimum atomic E-state index is -5.07. The van der Waals surface area contributed by atoms with Gasteiger partial charge in [0.15, 0.2) is 0 Å². The Morgan fingerprint density at radius 3 is 2.33 bits per heavy atom. The molecule has 3 amide bonds. The molecule has 1 aliphatic heterocycles. The van der Waals surface area contributed by atoms with Crippen molar-refractivity contribution in [3.05, 3.63) is 107 Å². The first-order valence-electron chi connectivity index (χ1n) is 25.1. The van der Waals surface area contributed by atoms with E-state index in [-0.39, 0.29) is 55.0 Å². The molecular weight excluding hydrogens is 1020 g/mol. The summed E-state index contributed by atoms with van der Waals surface area (Å²) in [5.74, 6) is 1.30. The van der Waals surface area contributed by atoms with Gasteiger partial charge in [-0.2, -0.15) is 13.9 Å². The minimum Gasteiger partial charge on any atom is -0.484 e. The molecule has 16 nitrogen and oxygen atoms in total. The lowest BCUT2D eigenvalue weighted by molar-refractivity contribution is -0.144. The number of nitrogens with two attached hydrogens (primary N) is 1. The van der Waals surface area contributed by atoms with Crippen LogP contribution >= 0.6 is 11.3 Å². The Kier molecular flexibility index (Phi) is 18.5. The first-order chi connectivity index (χ1) is 36.1. The van der Waals surface area contributed by atoms with Crippen molar-refractivity contribution in [1.82, 2.24) is 35.3 Å². The summed E-state index contributed by atoms with van der Waals surface area (Å²) in [4.78, 5) is 52.0. The Labute approximate surface area is 445 Å². The Balaban J connectivity index is 0.884. The Bertz CT molecular complexity index is 3210. The van der Waals surface area contributed by atoms with Crippen LogP contribution in [0.1, 0.15) is 114 Å². The molecule has 0 spiro atoms. The predicted octanol–water partition coefficient (Wildman–Crippen LogP) is 9.17. The molecule has 4 heterocycles. The number of unbranched alkanes of at least 4 members (excludes halogenated alkanes) is 6. The highest BCUT2D eigenvalue weighted by molar-refractivity contribution is 7.93. The number of rotatable bonds is 21. The van der Waals surface area contributed by atoms with E-state index in [1.807, 2.05) is 56.7 Å². The van der Waals surface area contributed by atoms with E-state index in [9.17, 15) is 41.1 Å². The number of aliphatic hydroxyl groups is 1. The summed E-state index contributed by atoms with van der Waals surface area (Å²) < 4.78 is 74.5. The van der Waals surface area contributed by atoms with Crippen LogP contribution in [0.4, 0.5) is 24.7 Å². The Morgan fingerprint density at radius 2 is 1.66 bits per heavy atom. The lowest BCUT2D eigenvalue weighted by atomic mass is 9.85. The third-order valence-corrected chi connectivity index (χ3v) is 15.1. The number of sulfonamides is 1. The molecule has 0 radical (unpaired) electrons. The number of alkyl halides is 2. The number of carbonyl (C=O) groups is 3. The molecule has 0 bridgehead atoms. The number of benzene rings is 3. The fraction of sp³-hybridized carbons (Fsp3) is 0.418. The highest BCUT2D eigenvalue weighted by Gasteiger charge is 2.44. The van der Waals surface area contributed by atoms with Gasteiger partial charge in [-0.05, 0) is 73.1 Å². The molecule has 76 heavy (non-hydrogen) atoms. The van der Waals surface area contributed by atoms with Crippen molar-refractivity contribution in [2.45, 2.75) is 129 Å². The fourth-order valence-electron chi connectivity index (χ4n) is 9.05. The SMILES string of the molecule is Cc1ncsc1-c1ccc(CNC(=O)[C@@H]2C[C@@H](O)CN2C(=O)[C@@H](NC(=O)CCCCCCCCC#Cc2cnc(N)c3c(-c4ccc(NS(=O)(=O)C(F)F)c(O[C@@H](C)c5ccc(F)cc5)c4)nn(C)c23)C(C)(C)C)cc1. The maximum absolute atomic E-state index is 14.1. The third kappa shape index (κ3) is 14.1. The van der Waals surface area contributed by atoms with Crippen LogP contribution < -0.4 is 25.8 Å². The summed E-state index contributed by atoms with van der Waals surface area (Å²) in [5, 5.41) is 21.7. The number of ether oxygens (including phenoxy) is 1. The van der Waals surface area contributed by atoms with Gasteiger partial charge in [-0.25, -0.2) is 22.8 Å². The number of pyridine rings is 1. The van der Waals surface area contributed by atoms with Crippen molar-refractivity contribution in [1.29, 1.82) is 0 Å². The molecule has 0 aliphatic carbocycles. The number of likely N-dealkylation sites (tertiary alicyclic amines) is 1. The van der Waals surface area contributed by atoms with E-state index in [0.717, 1.165) is 53.8 Å². The molecule has 1 fully saturated rings. The van der Waals surface area contributed by atoms with Crippen LogP contribution in [-0.4, -0.2) is 86.4 Å². The zero-order chi connectivity index (χ0) is 54.9. The van der Waals surface area contributed by atoms with Crippen molar-refractivity contribution in [2.24, 2.45) is 12.5 Å². The Hall–Kier alpha value is -7.02. The van der Waals surface area contributed by atoms with Gasteiger partial charge in [0.2, 0.25) is 17.7 Å². The number of hydrogen-bond acceptors (Lipinski definition) is 12. The molecule has 0 saturated carbocycles. The zero-order valence-corrected chi connectivity index (χ0v) is 45.0. The first-order valence-corrected chi connectivity index (χ1v) is 27.5. The summed E-state index contributed by atoms with van der Waals surface area (Å²) >= 11 is 1.56. The van der Waals surface area contributed by atoms with Crippen LogP contribution in [0.3, 0.4) is 0 Å². The number of β-amino-alcohol motifs (C(OH)–C–C–N with tert-alkyl or cyclic N) is 1. The van der Waals surface area contributed by atoms with Crippen LogP contribution in [0.25, 0.3) is 32.6 Å². The molecule has 21 heteroatoms. The number of hydrogen-bond donors (Lipinski definition) is 5. The number of carbonyl (C=O) groups excluding carboxylic acids is 3. The van der Waals surface area contributed by atoms with Crippen molar-refractivity contribution in [3.8, 4) is 39.3 Å². The molecule has 404 valence electrons. The van der Waals surface area contributed by atoms with E-state index >= 15 is 0 Å². The topological polar surface area (TPSA) is 224 Å². The lowest BCUT2D eigenvalue weighted by Gasteiger charge is -2.35. The number of aliphatic hydroxyl groups excluding tert-OH is 1. The number of anilines is 2. The molecule has 1 aliphatic rings. The number of aryl methyl sites for hydroxylation is 2. The first kappa shape index (κ1) is 56.7. The maximum Gasteiger partial charge on any atom is 0.355 e. The monoisotopic (exact) mass is 1080 g/mol. The van der Waals surface area contributed by atoms with E-state index in [0.29, 0.717) is 46.1 Å². The van der Waals surface area contributed by atoms with Gasteiger partial charge in [-0.1, -0.05) is 101 Å². The normalized spacial score (nSPS) is 15.5. The average Bonchev–Trinajstić information content (AvgIpc) is 4.10. The fourth-order valence-corrected chi connectivity index (χ4v) is 10.4. The number of nitrogen functional groups attached to an aromatic ring is 1. The molecule has 4 atom stereocenters. The number of fused-ring (bicyclic) bond motifs is 1. The smallest absolute Gasteiger partial charge is 0.355 e. The second-order valence-corrected chi connectivity index (χ2v) is 22.6. The number of thiazole rings is 1. The van der Waals surface area contributed by atoms with Gasteiger partial charge >= 0.3 is 5.76 Å². The summed E-state index contributed by atoms with van der Waals surface area (Å²) in [5.41, 5.74) is 12.7. The van der Waals surface area contributed by atoms with Gasteiger partial charge in [-0.15, -0.1) is 11.3 Å². The van der Waals surface area contributed by atoms with E-state index in [1.165, 1.54) is 47.4 Å². The molecule has 3 aromatic carbocycles. The third-order valence-electron chi connectivity index (χ3n) is 13.2. The van der Waals surface area contributed by atoms with Gasteiger partial charge in [0.1, 0.15) is 41.3 Å². The number of nitrogens with zero attached hydrogens (tertiary/aromatic N) is 5. The second kappa shape index (κ2) is 24.8. The van der Waals surface area contributed by atoms with E-state index in [4.69, 9.17) is 15.6 Å². The highest BCUT2D eigenvalue weighted by atomic mass is 32.2. The average molecular weight is 1080 g/mol. The maximum atomic E-state index is 14.1. The zero-order valence-electron chi connectivity index (χ0n) is 43.3. The number of amides is 3. The van der Waals surface area contributed by atoms with Crippen LogP contribution in [-0.2, 0) is 38.0 Å². The lowest BCUT2D eigenvalue weighted by Crippen LogP contribution is -2.57. The van der Waals surface area contributed by atoms with E-state index < -0.39 is 57.2 Å². The molecule has 6 N–H and O–H groups in total. The molecule has 0 unspecified atom stereocenters. The largest absolute Gasteiger partial charge is 0.484 e. The van der Waals surface area contributed by atoms with Crippen molar-refractivity contribution in [3.63, 3.8) is 0 Å². The summed E-state index contributed by atoms with van der Waals surface area (Å²) in [6.07, 6.45) is 5.90. The highest BCUT2D eigenvalue weighted by Crippen LogP contribution is 2.39. The summed E-state index contributed by atoms with van der Waals surface area (Å²) in [7, 11) is -3.35. The van der Waals surface area contributed by atoms with Crippen molar-refractivity contribution < 1.29 is 45.8 Å². The van der Waals surface area contributed by atoms with Gasteiger partial charge in [0.05, 0.1) is 44.3 Å². The van der Waals surface area contributed by atoms with Gasteiger partial charge in [0, 0.05) is 51.2 Å². The summed E-state index contributed by atoms with van der Waals surface area (Å²) in [6, 6.07) is 15.8. The van der Waals surface area contributed by atoms with E-state index in [2.05, 4.69) is 32.4 Å². The minimum absolute atomic E-state index is 0.00723. The predicted molar refractivity (Wildman–Crippen MR) is 288 cm³/mol. The molecule has 7 rings (SSSR count). The number of halogens is 3. The van der Waals surface area contributed by atoms with Crippen LogP contribution in [0.2, 0.25) is 0 Å². The number of nitrogens with one attached hydrogen (secondary N) is 3. The van der Waals surface area contributed by atoms with Gasteiger partial charge in [-0.3, -0.25) is 23.8 Å². The standard InChI is InChI=1S/C55H64F3N9O7S2/c1-33-49(75-32-62-33)37-19-17-35(18-20-37)29-61-52(70)43-28-41(68)31-67(43)53(71)50(55(3,4)5)63-45(69)16-14-12-10-8-7-9-11-13-15-39-30-60-51(59)46-47(64-66(6)48(39)46)38-23-26-42(65-76(72,73)54(57)58)44(27-38)74-34(2)36-21-24-40(56)25-22-36/h17-27,30,32,34,41,43,50,54,65,68H,7-12,14,16,28-29,31H2,1-6H3,(H2,59,60)(H,61,70)(H,63,69)/t34-,41+,43-,50+/m0/s1. The van der Waals surface area contributed by atoms with Crippen LogP contribution in [0.15, 0.2) is 78.4 Å². The molecular formula is C55H64F3N9O7S2. The van der Waals surface area contributed by atoms with Crippen molar-refractivity contribution in [2.75, 3.05) is 17.0 Å². The molecule has 3 aromatic heterocycles. The number of aromatic nitrogens is 4. The quantitative estimate of drug-likeness (QED) is 0.0338. The molecule has 1 saturated heterocycles. The van der Waals surface area contributed by atoms with Crippen LogP contribution in [0, 0.1) is 30.0 Å². The molecule has 6 aromatic rings.